The molecule has 1 aromatic rings. The molecule has 5 heteroatoms. The van der Waals surface area contributed by atoms with Crippen molar-refractivity contribution in [2.45, 2.75) is 31.7 Å². The van der Waals surface area contributed by atoms with Gasteiger partial charge in [0.1, 0.15) is 6.61 Å². The Morgan fingerprint density at radius 3 is 2.76 bits per heavy atom. The molecule has 1 aromatic heterocycles. The minimum Gasteiger partial charge on any atom is -0.476 e. The molecule has 1 aliphatic carbocycles. The summed E-state index contributed by atoms with van der Waals surface area (Å²) in [5, 5.41) is 3.32. The number of ether oxygens (including phenoxy) is 1. The van der Waals surface area contributed by atoms with Crippen LogP contribution in [0.4, 0.5) is 0 Å². The topological polar surface area (TPSA) is 34.1 Å². The third-order valence-electron chi connectivity index (χ3n) is 3.32. The molecule has 0 spiro atoms. The largest absolute Gasteiger partial charge is 0.476 e. The predicted octanol–water partition coefficient (Wildman–Crippen LogP) is 2.67. The highest BCUT2D eigenvalue weighted by molar-refractivity contribution is 5.85. The zero-order chi connectivity index (χ0) is 10.1. The summed E-state index contributed by atoms with van der Waals surface area (Å²) < 4.78 is 5.63. The first-order valence-electron chi connectivity index (χ1n) is 5.77. The molecule has 2 aliphatic rings. The number of hydrogen-bond acceptors (Lipinski definition) is 3. The van der Waals surface area contributed by atoms with Crippen molar-refractivity contribution in [1.82, 2.24) is 10.3 Å². The molecule has 0 atom stereocenters. The van der Waals surface area contributed by atoms with Gasteiger partial charge in [0.05, 0.1) is 0 Å². The fraction of sp³-hybridized carbons (Fsp3) is 0.583. The lowest BCUT2D eigenvalue weighted by atomic mass is 9.82. The first-order valence-corrected chi connectivity index (χ1v) is 5.77. The second-order valence-corrected chi connectivity index (χ2v) is 4.35. The van der Waals surface area contributed by atoms with Crippen LogP contribution < -0.4 is 10.1 Å². The Labute approximate surface area is 114 Å². The van der Waals surface area contributed by atoms with Crippen LogP contribution in [0.5, 0.6) is 5.88 Å². The summed E-state index contributed by atoms with van der Waals surface area (Å²) in [5.41, 5.74) is 2.41. The second kappa shape index (κ2) is 6.43. The van der Waals surface area contributed by atoms with E-state index >= 15 is 0 Å². The van der Waals surface area contributed by atoms with Gasteiger partial charge in [-0.2, -0.15) is 0 Å². The minimum absolute atomic E-state index is 0. The fourth-order valence-electron chi connectivity index (χ4n) is 2.12. The number of halogens is 2. The Morgan fingerprint density at radius 2 is 2.06 bits per heavy atom. The van der Waals surface area contributed by atoms with Gasteiger partial charge in [-0.05, 0) is 18.9 Å². The standard InChI is InChI=1S/C12H16N2O.2ClH/c1-2-9(3-1)11-5-4-10-8-13-6-7-15-12(10)14-11;;/h4-5,9,13H,1-3,6-8H2;2*1H. The molecule has 0 saturated heterocycles. The van der Waals surface area contributed by atoms with Gasteiger partial charge in [-0.15, -0.1) is 24.8 Å². The Hall–Kier alpha value is -0.510. The van der Waals surface area contributed by atoms with Crippen LogP contribution >= 0.6 is 24.8 Å². The van der Waals surface area contributed by atoms with Gasteiger partial charge >= 0.3 is 0 Å². The molecule has 2 heterocycles. The summed E-state index contributed by atoms with van der Waals surface area (Å²) in [6.07, 6.45) is 3.94. The molecule has 17 heavy (non-hydrogen) atoms. The summed E-state index contributed by atoms with van der Waals surface area (Å²) in [4.78, 5) is 4.63. The van der Waals surface area contributed by atoms with Crippen molar-refractivity contribution in [1.29, 1.82) is 0 Å². The van der Waals surface area contributed by atoms with Crippen LogP contribution in [-0.4, -0.2) is 18.1 Å². The van der Waals surface area contributed by atoms with Gasteiger partial charge in [-0.25, -0.2) is 4.98 Å². The third kappa shape index (κ3) is 3.03. The summed E-state index contributed by atoms with van der Waals surface area (Å²) in [6, 6.07) is 4.33. The Kier molecular flexibility index (Phi) is 5.50. The van der Waals surface area contributed by atoms with E-state index in [2.05, 4.69) is 22.4 Å². The lowest BCUT2D eigenvalue weighted by Gasteiger charge is -2.25. The summed E-state index contributed by atoms with van der Waals surface area (Å²) in [6.45, 7) is 2.52. The predicted molar refractivity (Wildman–Crippen MR) is 72.5 cm³/mol. The van der Waals surface area contributed by atoms with Crippen LogP contribution in [-0.2, 0) is 6.54 Å². The minimum atomic E-state index is 0. The Morgan fingerprint density at radius 1 is 1.24 bits per heavy atom. The number of fused-ring (bicyclic) bond motifs is 1. The lowest BCUT2D eigenvalue weighted by molar-refractivity contribution is 0.309. The van der Waals surface area contributed by atoms with Gasteiger partial charge in [0.25, 0.3) is 0 Å². The average Bonchev–Trinajstić information content (AvgIpc) is 2.39. The molecule has 3 rings (SSSR count). The smallest absolute Gasteiger partial charge is 0.218 e. The molecule has 1 N–H and O–H groups in total. The summed E-state index contributed by atoms with van der Waals surface area (Å²) >= 11 is 0. The van der Waals surface area contributed by atoms with E-state index in [1.54, 1.807) is 0 Å². The van der Waals surface area contributed by atoms with E-state index in [0.29, 0.717) is 5.92 Å². The summed E-state index contributed by atoms with van der Waals surface area (Å²) in [7, 11) is 0. The van der Waals surface area contributed by atoms with E-state index < -0.39 is 0 Å². The van der Waals surface area contributed by atoms with Crippen molar-refractivity contribution in [3.05, 3.63) is 23.4 Å². The van der Waals surface area contributed by atoms with Crippen molar-refractivity contribution in [2.75, 3.05) is 13.2 Å². The van der Waals surface area contributed by atoms with Gasteiger partial charge < -0.3 is 10.1 Å². The second-order valence-electron chi connectivity index (χ2n) is 4.35. The summed E-state index contributed by atoms with van der Waals surface area (Å²) in [5.74, 6) is 1.54. The number of rotatable bonds is 1. The molecule has 0 aromatic carbocycles. The average molecular weight is 277 g/mol. The molecule has 1 fully saturated rings. The van der Waals surface area contributed by atoms with Crippen molar-refractivity contribution in [3.63, 3.8) is 0 Å². The van der Waals surface area contributed by atoms with E-state index in [9.17, 15) is 0 Å². The van der Waals surface area contributed by atoms with E-state index in [-0.39, 0.29) is 24.8 Å². The van der Waals surface area contributed by atoms with E-state index in [4.69, 9.17) is 4.74 Å². The van der Waals surface area contributed by atoms with Gasteiger partial charge in [0.15, 0.2) is 0 Å². The molecule has 0 radical (unpaired) electrons. The first-order chi connectivity index (χ1) is 7.43. The van der Waals surface area contributed by atoms with Crippen LogP contribution in [0.25, 0.3) is 0 Å². The molecule has 0 bridgehead atoms. The maximum absolute atomic E-state index is 5.63. The lowest BCUT2D eigenvalue weighted by Crippen LogP contribution is -2.16. The maximum atomic E-state index is 5.63. The van der Waals surface area contributed by atoms with Crippen molar-refractivity contribution in [3.8, 4) is 5.88 Å². The number of hydrogen-bond donors (Lipinski definition) is 1. The SMILES string of the molecule is Cl.Cl.c1cc2c(nc1C1CCC1)OCCNC2. The van der Waals surface area contributed by atoms with Crippen LogP contribution in [0.15, 0.2) is 12.1 Å². The van der Waals surface area contributed by atoms with Crippen LogP contribution in [0.1, 0.15) is 36.4 Å². The maximum Gasteiger partial charge on any atom is 0.218 e. The van der Waals surface area contributed by atoms with Crippen LogP contribution in [0.3, 0.4) is 0 Å². The third-order valence-corrected chi connectivity index (χ3v) is 3.32. The zero-order valence-electron chi connectivity index (χ0n) is 9.65. The fourth-order valence-corrected chi connectivity index (χ4v) is 2.12. The van der Waals surface area contributed by atoms with Crippen LogP contribution in [0, 0.1) is 0 Å². The van der Waals surface area contributed by atoms with Crippen molar-refractivity contribution >= 4 is 24.8 Å². The van der Waals surface area contributed by atoms with Gasteiger partial charge in [-0.1, -0.05) is 12.5 Å². The highest BCUT2D eigenvalue weighted by Crippen LogP contribution is 2.36. The normalized spacial score (nSPS) is 18.6. The monoisotopic (exact) mass is 276 g/mol. The molecule has 0 amide bonds. The van der Waals surface area contributed by atoms with Crippen molar-refractivity contribution in [2.24, 2.45) is 0 Å². The van der Waals surface area contributed by atoms with Crippen molar-refractivity contribution < 1.29 is 4.74 Å². The van der Waals surface area contributed by atoms with E-state index in [1.165, 1.54) is 30.5 Å². The number of nitrogens with zero attached hydrogens (tertiary/aromatic N) is 1. The first kappa shape index (κ1) is 14.6. The van der Waals surface area contributed by atoms with Crippen LogP contribution in [0.2, 0.25) is 0 Å². The zero-order valence-corrected chi connectivity index (χ0v) is 11.3. The van der Waals surface area contributed by atoms with Gasteiger partial charge in [0, 0.05) is 30.3 Å². The molecule has 1 saturated carbocycles. The number of aromatic nitrogens is 1. The highest BCUT2D eigenvalue weighted by Gasteiger charge is 2.22. The molecular weight excluding hydrogens is 259 g/mol. The van der Waals surface area contributed by atoms with Gasteiger partial charge in [-0.3, -0.25) is 0 Å². The number of nitrogens with one attached hydrogen (secondary N) is 1. The molecule has 96 valence electrons. The Bertz CT molecular complexity index is 370. The van der Waals surface area contributed by atoms with E-state index in [1.807, 2.05) is 0 Å². The molecule has 1 aliphatic heterocycles. The van der Waals surface area contributed by atoms with E-state index in [0.717, 1.165) is 25.6 Å². The Balaban J connectivity index is 0.000000722. The quantitative estimate of drug-likeness (QED) is 0.857. The van der Waals surface area contributed by atoms with Gasteiger partial charge in [0.2, 0.25) is 5.88 Å². The molecular formula is C12H18Cl2N2O. The number of pyridine rings is 1. The molecule has 0 unspecified atom stereocenters. The molecule has 3 nitrogen and oxygen atoms in total. The highest BCUT2D eigenvalue weighted by atomic mass is 35.5.